The fourth-order valence-corrected chi connectivity index (χ4v) is 3.55. The van der Waals surface area contributed by atoms with Gasteiger partial charge in [-0.15, -0.1) is 0 Å². The van der Waals surface area contributed by atoms with Gasteiger partial charge in [0.1, 0.15) is 11.9 Å². The molecule has 0 aliphatic carbocycles. The lowest BCUT2D eigenvalue weighted by molar-refractivity contribution is -0.137. The summed E-state index contributed by atoms with van der Waals surface area (Å²) in [5, 5.41) is 11.9. The van der Waals surface area contributed by atoms with Gasteiger partial charge in [-0.25, -0.2) is 9.78 Å². The minimum atomic E-state index is -0.806. The molecule has 2 aromatic rings. The van der Waals surface area contributed by atoms with Crippen LogP contribution in [0.15, 0.2) is 30.3 Å². The van der Waals surface area contributed by atoms with Crippen molar-refractivity contribution in [2.45, 2.75) is 31.2 Å². The van der Waals surface area contributed by atoms with E-state index in [1.807, 2.05) is 30.3 Å². The number of benzene rings is 1. The molecule has 3 N–H and O–H groups in total. The number of aromatic nitrogens is 3. The van der Waals surface area contributed by atoms with Crippen molar-refractivity contribution in [1.82, 2.24) is 30.7 Å². The van der Waals surface area contributed by atoms with Crippen LogP contribution < -0.4 is 10.6 Å². The van der Waals surface area contributed by atoms with E-state index >= 15 is 0 Å². The van der Waals surface area contributed by atoms with Gasteiger partial charge in [0.25, 0.3) is 0 Å². The van der Waals surface area contributed by atoms with Crippen LogP contribution in [-0.2, 0) is 9.59 Å². The molecule has 2 aliphatic rings. The minimum Gasteiger partial charge on any atom is -0.340 e. The first-order valence-corrected chi connectivity index (χ1v) is 8.97. The maximum absolute atomic E-state index is 12.7. The lowest BCUT2D eigenvalue weighted by Gasteiger charge is -2.35. The Hall–Kier alpha value is -3.23. The Bertz CT molecular complexity index is 849. The molecule has 1 aromatic heterocycles. The molecule has 0 spiro atoms. The van der Waals surface area contributed by atoms with E-state index in [0.29, 0.717) is 18.9 Å². The summed E-state index contributed by atoms with van der Waals surface area (Å²) in [5.74, 6) is 0.752. The number of likely N-dealkylation sites (tertiary alicyclic amines) is 1. The maximum atomic E-state index is 12.7. The molecular weight excluding hydrogens is 348 g/mol. The molecule has 0 bridgehead atoms. The van der Waals surface area contributed by atoms with E-state index in [4.69, 9.17) is 0 Å². The molecular formula is C18H20N6O3. The first kappa shape index (κ1) is 17.2. The lowest BCUT2D eigenvalue weighted by atomic mass is 9.96. The van der Waals surface area contributed by atoms with Crippen LogP contribution in [0, 0.1) is 0 Å². The molecule has 1 aromatic carbocycles. The highest BCUT2D eigenvalue weighted by Gasteiger charge is 2.35. The zero-order valence-electron chi connectivity index (χ0n) is 14.6. The largest absolute Gasteiger partial charge is 0.340 e. The van der Waals surface area contributed by atoms with E-state index < -0.39 is 18.0 Å². The second-order valence-corrected chi connectivity index (χ2v) is 6.81. The Morgan fingerprint density at radius 2 is 2.00 bits per heavy atom. The smallest absolute Gasteiger partial charge is 0.322 e. The Kier molecular flexibility index (Phi) is 4.57. The molecule has 27 heavy (non-hydrogen) atoms. The number of nitrogens with one attached hydrogen (secondary N) is 3. The molecule has 9 heteroatoms. The van der Waals surface area contributed by atoms with Gasteiger partial charge in [-0.2, -0.15) is 5.10 Å². The number of carbonyl (C=O) groups excluding carboxylic acids is 3. The van der Waals surface area contributed by atoms with Gasteiger partial charge in [0.2, 0.25) is 11.8 Å². The molecule has 140 valence electrons. The molecule has 2 aliphatic heterocycles. The monoisotopic (exact) mass is 368 g/mol. The zero-order valence-corrected chi connectivity index (χ0v) is 14.6. The van der Waals surface area contributed by atoms with Crippen molar-refractivity contribution < 1.29 is 14.4 Å². The number of hydrogen-bond donors (Lipinski definition) is 3. The molecule has 2 saturated heterocycles. The van der Waals surface area contributed by atoms with Crippen molar-refractivity contribution in [3.05, 3.63) is 36.2 Å². The van der Waals surface area contributed by atoms with Gasteiger partial charge >= 0.3 is 6.03 Å². The number of nitrogens with zero attached hydrogens (tertiary/aromatic N) is 3. The van der Waals surface area contributed by atoms with Gasteiger partial charge in [0.15, 0.2) is 5.82 Å². The number of H-pyrrole nitrogens is 1. The molecule has 3 heterocycles. The third-order valence-corrected chi connectivity index (χ3v) is 4.90. The molecule has 1 unspecified atom stereocenters. The van der Waals surface area contributed by atoms with Gasteiger partial charge in [0, 0.05) is 24.6 Å². The molecule has 2 fully saturated rings. The quantitative estimate of drug-likeness (QED) is 0.739. The molecule has 4 rings (SSSR count). The highest BCUT2D eigenvalue weighted by atomic mass is 16.2. The molecule has 0 saturated carbocycles. The molecule has 9 nitrogen and oxygen atoms in total. The van der Waals surface area contributed by atoms with Gasteiger partial charge < -0.3 is 10.2 Å². The summed E-state index contributed by atoms with van der Waals surface area (Å²) in [6.07, 6.45) is 1.68. The third kappa shape index (κ3) is 3.67. The SMILES string of the molecule is O=C1C[C@@H](C(=O)N2CCCC(c3nc(-c4ccccc4)n[nH]3)C2)NC(=O)N1. The second-order valence-electron chi connectivity index (χ2n) is 6.81. The third-order valence-electron chi connectivity index (χ3n) is 4.90. The van der Waals surface area contributed by atoms with Crippen molar-refractivity contribution in [2.75, 3.05) is 13.1 Å². The number of aromatic amines is 1. The molecule has 4 amide bonds. The number of urea groups is 1. The summed E-state index contributed by atoms with van der Waals surface area (Å²) in [4.78, 5) is 42.0. The predicted molar refractivity (Wildman–Crippen MR) is 95.5 cm³/mol. The van der Waals surface area contributed by atoms with Gasteiger partial charge in [-0.05, 0) is 12.8 Å². The average molecular weight is 368 g/mol. The topological polar surface area (TPSA) is 120 Å². The van der Waals surface area contributed by atoms with E-state index in [9.17, 15) is 14.4 Å². The van der Waals surface area contributed by atoms with Crippen LogP contribution >= 0.6 is 0 Å². The van der Waals surface area contributed by atoms with Crippen LogP contribution in [0.3, 0.4) is 0 Å². The molecule has 2 atom stereocenters. The summed E-state index contributed by atoms with van der Waals surface area (Å²) in [5.41, 5.74) is 0.930. The maximum Gasteiger partial charge on any atom is 0.322 e. The van der Waals surface area contributed by atoms with Crippen LogP contribution in [0.2, 0.25) is 0 Å². The predicted octanol–water partition coefficient (Wildman–Crippen LogP) is 0.776. The number of rotatable bonds is 3. The molecule has 0 radical (unpaired) electrons. The number of imide groups is 1. The fraction of sp³-hybridized carbons (Fsp3) is 0.389. The van der Waals surface area contributed by atoms with E-state index in [2.05, 4.69) is 25.8 Å². The standard InChI is InChI=1S/C18H20N6O3/c25-14-9-13(19-18(27)20-14)17(26)24-8-4-7-12(10-24)16-21-15(22-23-16)11-5-2-1-3-6-11/h1-3,5-6,12-13H,4,7-10H2,(H,21,22,23)(H2,19,20,25,27)/t12?,13-/m0/s1. The average Bonchev–Trinajstić information content (AvgIpc) is 3.18. The first-order chi connectivity index (χ1) is 13.1. The Balaban J connectivity index is 1.45. The minimum absolute atomic E-state index is 0.0355. The number of piperidine rings is 1. The van der Waals surface area contributed by atoms with Crippen molar-refractivity contribution in [3.8, 4) is 11.4 Å². The van der Waals surface area contributed by atoms with Gasteiger partial charge in [0.05, 0.1) is 6.42 Å². The van der Waals surface area contributed by atoms with Crippen molar-refractivity contribution >= 4 is 17.8 Å². The highest BCUT2D eigenvalue weighted by molar-refractivity contribution is 6.02. The second kappa shape index (κ2) is 7.18. The van der Waals surface area contributed by atoms with E-state index in [1.54, 1.807) is 4.90 Å². The fourth-order valence-electron chi connectivity index (χ4n) is 3.55. The first-order valence-electron chi connectivity index (χ1n) is 8.97. The van der Waals surface area contributed by atoms with Crippen molar-refractivity contribution in [1.29, 1.82) is 0 Å². The van der Waals surface area contributed by atoms with Crippen LogP contribution in [0.4, 0.5) is 4.79 Å². The van der Waals surface area contributed by atoms with Crippen LogP contribution in [0.1, 0.15) is 31.0 Å². The Morgan fingerprint density at radius 3 is 2.78 bits per heavy atom. The number of carbonyl (C=O) groups is 3. The van der Waals surface area contributed by atoms with Crippen molar-refractivity contribution in [3.63, 3.8) is 0 Å². The zero-order chi connectivity index (χ0) is 18.8. The van der Waals surface area contributed by atoms with E-state index in [0.717, 1.165) is 24.2 Å². The summed E-state index contributed by atoms with van der Waals surface area (Å²) in [6, 6.07) is 8.26. The number of amides is 4. The summed E-state index contributed by atoms with van der Waals surface area (Å²) < 4.78 is 0. The number of hydrogen-bond acceptors (Lipinski definition) is 5. The normalized spacial score (nSPS) is 22.9. The van der Waals surface area contributed by atoms with Crippen LogP contribution in [0.25, 0.3) is 11.4 Å². The van der Waals surface area contributed by atoms with E-state index in [-0.39, 0.29) is 18.2 Å². The summed E-state index contributed by atoms with van der Waals surface area (Å²) >= 11 is 0. The van der Waals surface area contributed by atoms with E-state index in [1.165, 1.54) is 0 Å². The highest BCUT2D eigenvalue weighted by Crippen LogP contribution is 2.26. The summed E-state index contributed by atoms with van der Waals surface area (Å²) in [6.45, 7) is 1.08. The Labute approximate surface area is 155 Å². The van der Waals surface area contributed by atoms with Crippen LogP contribution in [-0.4, -0.2) is 57.1 Å². The summed E-state index contributed by atoms with van der Waals surface area (Å²) in [7, 11) is 0. The lowest BCUT2D eigenvalue weighted by Crippen LogP contribution is -2.59. The Morgan fingerprint density at radius 1 is 1.19 bits per heavy atom. The van der Waals surface area contributed by atoms with Crippen molar-refractivity contribution in [2.24, 2.45) is 0 Å². The van der Waals surface area contributed by atoms with Gasteiger partial charge in [-0.1, -0.05) is 30.3 Å². The van der Waals surface area contributed by atoms with Crippen LogP contribution in [0.5, 0.6) is 0 Å². The van der Waals surface area contributed by atoms with Gasteiger partial charge in [-0.3, -0.25) is 20.0 Å².